The van der Waals surface area contributed by atoms with Gasteiger partial charge in [-0.1, -0.05) is 33.1 Å². The van der Waals surface area contributed by atoms with Crippen LogP contribution in [0.1, 0.15) is 39.5 Å². The van der Waals surface area contributed by atoms with Gasteiger partial charge in [-0.25, -0.2) is 0 Å². The number of unbranched alkanes of at least 4 members (excludes halogenated alkanes) is 2. The molecule has 3 N–H and O–H groups in total. The zero-order valence-electron chi connectivity index (χ0n) is 8.32. The predicted molar refractivity (Wildman–Crippen MR) is 56.2 cm³/mol. The van der Waals surface area contributed by atoms with Crippen LogP contribution in [-0.2, 0) is 4.79 Å². The van der Waals surface area contributed by atoms with Crippen molar-refractivity contribution in [1.82, 2.24) is 0 Å². The van der Waals surface area contributed by atoms with Gasteiger partial charge in [0.25, 0.3) is 0 Å². The van der Waals surface area contributed by atoms with E-state index >= 15 is 0 Å². The molecule has 0 spiro atoms. The molecule has 80 valence electrons. The molecule has 0 aliphatic carbocycles. The van der Waals surface area contributed by atoms with Crippen LogP contribution in [0.5, 0.6) is 0 Å². The molecule has 0 aromatic rings. The maximum Gasteiger partial charge on any atom is 0.320 e. The molecule has 13 heavy (non-hydrogen) atoms. The van der Waals surface area contributed by atoms with E-state index in [0.717, 1.165) is 25.7 Å². The van der Waals surface area contributed by atoms with E-state index in [1.54, 1.807) is 0 Å². The third-order valence-corrected chi connectivity index (χ3v) is 2.16. The molecule has 3 nitrogen and oxygen atoms in total. The first-order chi connectivity index (χ1) is 5.59. The molecule has 4 heteroatoms. The van der Waals surface area contributed by atoms with Crippen molar-refractivity contribution in [1.29, 1.82) is 0 Å². The number of halogens is 1. The fraction of sp³-hybridized carbons (Fsp3) is 0.889. The second-order valence-electron chi connectivity index (χ2n) is 3.34. The Labute approximate surface area is 86.1 Å². The Bertz CT molecular complexity index is 142. The number of hydrogen-bond acceptors (Lipinski definition) is 2. The fourth-order valence-corrected chi connectivity index (χ4v) is 1.14. The lowest BCUT2D eigenvalue weighted by atomic mass is 9.96. The van der Waals surface area contributed by atoms with Gasteiger partial charge in [-0.3, -0.25) is 4.79 Å². The summed E-state index contributed by atoms with van der Waals surface area (Å²) in [5, 5.41) is 8.58. The minimum absolute atomic E-state index is 0. The van der Waals surface area contributed by atoms with Gasteiger partial charge in [-0.2, -0.15) is 0 Å². The third-order valence-electron chi connectivity index (χ3n) is 2.16. The highest BCUT2D eigenvalue weighted by atomic mass is 35.5. The van der Waals surface area contributed by atoms with Gasteiger partial charge in [0.2, 0.25) is 0 Å². The summed E-state index contributed by atoms with van der Waals surface area (Å²) in [6.45, 7) is 4.02. The average Bonchev–Trinajstić information content (AvgIpc) is 2.03. The zero-order chi connectivity index (χ0) is 9.56. The maximum atomic E-state index is 10.4. The highest BCUT2D eigenvalue weighted by Crippen LogP contribution is 2.11. The summed E-state index contributed by atoms with van der Waals surface area (Å²) in [4.78, 5) is 10.4. The Morgan fingerprint density at radius 2 is 2.00 bits per heavy atom. The van der Waals surface area contributed by atoms with Gasteiger partial charge in [0.05, 0.1) is 0 Å². The summed E-state index contributed by atoms with van der Waals surface area (Å²) in [6.07, 6.45) is 4.33. The molecule has 0 aromatic carbocycles. The highest BCUT2D eigenvalue weighted by molar-refractivity contribution is 5.85. The number of carboxylic acid groups (broad SMARTS) is 1. The molecule has 0 aromatic heterocycles. The molecule has 0 aliphatic heterocycles. The van der Waals surface area contributed by atoms with Gasteiger partial charge in [-0.05, 0) is 12.3 Å². The van der Waals surface area contributed by atoms with E-state index in [4.69, 9.17) is 10.8 Å². The van der Waals surface area contributed by atoms with E-state index in [-0.39, 0.29) is 18.3 Å². The minimum Gasteiger partial charge on any atom is -0.480 e. The summed E-state index contributed by atoms with van der Waals surface area (Å²) < 4.78 is 0. The van der Waals surface area contributed by atoms with Crippen LogP contribution in [0, 0.1) is 5.92 Å². The molecule has 2 unspecified atom stereocenters. The molecular formula is C9H20ClNO2. The second kappa shape index (κ2) is 8.32. The molecule has 0 saturated carbocycles. The monoisotopic (exact) mass is 209 g/mol. The second-order valence-corrected chi connectivity index (χ2v) is 3.34. The molecule has 0 bridgehead atoms. The summed E-state index contributed by atoms with van der Waals surface area (Å²) in [5.74, 6) is -0.798. The molecule has 0 aliphatic rings. The number of nitrogens with two attached hydrogens (primary N) is 1. The van der Waals surface area contributed by atoms with E-state index in [1.807, 2.05) is 6.92 Å². The smallest absolute Gasteiger partial charge is 0.320 e. The van der Waals surface area contributed by atoms with Crippen LogP contribution in [0.15, 0.2) is 0 Å². The van der Waals surface area contributed by atoms with Crippen LogP contribution in [-0.4, -0.2) is 17.1 Å². The first-order valence-corrected chi connectivity index (χ1v) is 4.58. The quantitative estimate of drug-likeness (QED) is 0.658. The summed E-state index contributed by atoms with van der Waals surface area (Å²) in [6, 6.07) is -0.693. The topological polar surface area (TPSA) is 63.3 Å². The number of carbonyl (C=O) groups is 1. The van der Waals surface area contributed by atoms with E-state index in [2.05, 4.69) is 6.92 Å². The van der Waals surface area contributed by atoms with Crippen LogP contribution >= 0.6 is 12.4 Å². The number of hydrogen-bond donors (Lipinski definition) is 2. The van der Waals surface area contributed by atoms with Crippen molar-refractivity contribution in [2.45, 2.75) is 45.6 Å². The van der Waals surface area contributed by atoms with E-state index in [9.17, 15) is 4.79 Å². The first-order valence-electron chi connectivity index (χ1n) is 4.58. The molecular weight excluding hydrogens is 190 g/mol. The maximum absolute atomic E-state index is 10.4. The lowest BCUT2D eigenvalue weighted by Crippen LogP contribution is -2.36. The average molecular weight is 210 g/mol. The van der Waals surface area contributed by atoms with Crippen LogP contribution in [0.4, 0.5) is 0 Å². The Kier molecular flexibility index (Phi) is 9.74. The van der Waals surface area contributed by atoms with Crippen molar-refractivity contribution < 1.29 is 9.90 Å². The van der Waals surface area contributed by atoms with Crippen LogP contribution in [0.2, 0.25) is 0 Å². The Hall–Kier alpha value is -0.280. The van der Waals surface area contributed by atoms with Gasteiger partial charge in [0.15, 0.2) is 0 Å². The molecule has 0 rings (SSSR count). The normalized spacial score (nSPS) is 14.4. The lowest BCUT2D eigenvalue weighted by molar-refractivity contribution is -0.139. The van der Waals surface area contributed by atoms with Gasteiger partial charge in [-0.15, -0.1) is 12.4 Å². The number of rotatable bonds is 6. The lowest BCUT2D eigenvalue weighted by Gasteiger charge is -2.14. The summed E-state index contributed by atoms with van der Waals surface area (Å²) in [5.41, 5.74) is 5.44. The van der Waals surface area contributed by atoms with Crippen molar-refractivity contribution in [2.75, 3.05) is 0 Å². The number of aliphatic carboxylic acids is 1. The highest BCUT2D eigenvalue weighted by Gasteiger charge is 2.18. The third kappa shape index (κ3) is 6.84. The van der Waals surface area contributed by atoms with Gasteiger partial charge < -0.3 is 10.8 Å². The summed E-state index contributed by atoms with van der Waals surface area (Å²) >= 11 is 0. The first kappa shape index (κ1) is 15.2. The van der Waals surface area contributed by atoms with E-state index in [1.165, 1.54) is 0 Å². The molecule has 0 saturated heterocycles. The van der Waals surface area contributed by atoms with E-state index < -0.39 is 12.0 Å². The predicted octanol–water partition coefficient (Wildman–Crippen LogP) is 2.04. The fourth-order valence-electron chi connectivity index (χ4n) is 1.14. The van der Waals surface area contributed by atoms with Crippen molar-refractivity contribution in [2.24, 2.45) is 11.7 Å². The zero-order valence-corrected chi connectivity index (χ0v) is 9.14. The number of carboxylic acids is 1. The molecule has 0 fully saturated rings. The van der Waals surface area contributed by atoms with Gasteiger partial charge in [0.1, 0.15) is 6.04 Å². The van der Waals surface area contributed by atoms with Crippen molar-refractivity contribution >= 4 is 18.4 Å². The standard InChI is InChI=1S/C9H19NO2.ClH/c1-3-4-5-6-7(2)8(10)9(11)12;/h7-8H,3-6,10H2,1-2H3,(H,11,12);1H. The summed E-state index contributed by atoms with van der Waals surface area (Å²) in [7, 11) is 0. The van der Waals surface area contributed by atoms with Gasteiger partial charge >= 0.3 is 5.97 Å². The molecule has 0 radical (unpaired) electrons. The van der Waals surface area contributed by atoms with Crippen molar-refractivity contribution in [3.05, 3.63) is 0 Å². The SMILES string of the molecule is CCCCCC(C)C(N)C(=O)O.Cl. The molecule has 0 amide bonds. The van der Waals surface area contributed by atoms with Crippen LogP contribution in [0.3, 0.4) is 0 Å². The van der Waals surface area contributed by atoms with E-state index in [0.29, 0.717) is 0 Å². The van der Waals surface area contributed by atoms with Crippen molar-refractivity contribution in [3.8, 4) is 0 Å². The van der Waals surface area contributed by atoms with Gasteiger partial charge in [0, 0.05) is 0 Å². The molecule has 0 heterocycles. The molecule has 2 atom stereocenters. The Balaban J connectivity index is 0. The Morgan fingerprint density at radius 3 is 2.38 bits per heavy atom. The Morgan fingerprint density at radius 1 is 1.46 bits per heavy atom. The van der Waals surface area contributed by atoms with Crippen molar-refractivity contribution in [3.63, 3.8) is 0 Å². The van der Waals surface area contributed by atoms with Crippen LogP contribution in [0.25, 0.3) is 0 Å². The largest absolute Gasteiger partial charge is 0.480 e. The minimum atomic E-state index is -0.890. The van der Waals surface area contributed by atoms with Crippen LogP contribution < -0.4 is 5.73 Å².